The minimum Gasteiger partial charge on any atom is -0.317 e. The van der Waals surface area contributed by atoms with Crippen molar-refractivity contribution < 1.29 is 4.79 Å². The Bertz CT molecular complexity index is 474. The van der Waals surface area contributed by atoms with E-state index in [4.69, 9.17) is 0 Å². The molecule has 1 aromatic rings. The fourth-order valence-electron chi connectivity index (χ4n) is 3.30. The van der Waals surface area contributed by atoms with Crippen LogP contribution in [0, 0.1) is 18.3 Å². The molecular formula is C16H22N2O. The number of nitrogens with zero attached hydrogens (tertiary/aromatic N) is 1. The Morgan fingerprint density at radius 1 is 1.26 bits per heavy atom. The topological polar surface area (TPSA) is 32.3 Å². The highest BCUT2D eigenvalue weighted by Gasteiger charge is 2.58. The molecule has 0 radical (unpaired) electrons. The molecule has 1 amide bonds. The molecule has 1 atom stereocenters. The molecule has 1 aromatic carbocycles. The average Bonchev–Trinajstić information content (AvgIpc) is 3.12. The zero-order valence-electron chi connectivity index (χ0n) is 11.8. The first-order chi connectivity index (χ1) is 9.12. The Morgan fingerprint density at radius 3 is 2.53 bits per heavy atom. The number of anilines is 1. The van der Waals surface area contributed by atoms with Crippen LogP contribution in [0.25, 0.3) is 0 Å². The summed E-state index contributed by atoms with van der Waals surface area (Å²) >= 11 is 0. The molecule has 1 spiro atoms. The Hall–Kier alpha value is -1.35. The largest absolute Gasteiger partial charge is 0.317 e. The number of hydrogen-bond donors (Lipinski definition) is 1. The SMILES string of the molecule is Cc1ccc(N(C)C(=O)C2CC23CCNCC3)cc1. The summed E-state index contributed by atoms with van der Waals surface area (Å²) in [5.74, 6) is 0.548. The van der Waals surface area contributed by atoms with E-state index in [0.717, 1.165) is 38.0 Å². The summed E-state index contributed by atoms with van der Waals surface area (Å²) in [5.41, 5.74) is 2.55. The van der Waals surface area contributed by atoms with Crippen LogP contribution in [0.1, 0.15) is 24.8 Å². The van der Waals surface area contributed by atoms with E-state index in [2.05, 4.69) is 24.4 Å². The molecule has 3 heteroatoms. The minimum atomic E-state index is 0.251. The molecule has 0 bridgehead atoms. The molecule has 0 aromatic heterocycles. The lowest BCUT2D eigenvalue weighted by molar-refractivity contribution is -0.120. The van der Waals surface area contributed by atoms with Gasteiger partial charge in [-0.3, -0.25) is 4.79 Å². The molecule has 1 unspecified atom stereocenters. The van der Waals surface area contributed by atoms with E-state index in [0.29, 0.717) is 11.3 Å². The number of aryl methyl sites for hydroxylation is 1. The first kappa shape index (κ1) is 12.7. The molecule has 1 N–H and O–H groups in total. The Labute approximate surface area is 115 Å². The summed E-state index contributed by atoms with van der Waals surface area (Å²) < 4.78 is 0. The molecule has 2 fully saturated rings. The van der Waals surface area contributed by atoms with Gasteiger partial charge in [-0.15, -0.1) is 0 Å². The van der Waals surface area contributed by atoms with Gasteiger partial charge in [0.1, 0.15) is 0 Å². The van der Waals surface area contributed by atoms with E-state index >= 15 is 0 Å². The van der Waals surface area contributed by atoms with Crippen LogP contribution in [-0.2, 0) is 4.79 Å². The molecule has 1 heterocycles. The van der Waals surface area contributed by atoms with Gasteiger partial charge in [-0.25, -0.2) is 0 Å². The Kier molecular flexibility index (Phi) is 3.09. The summed E-state index contributed by atoms with van der Waals surface area (Å²) in [6, 6.07) is 8.19. The number of rotatable bonds is 2. The second-order valence-electron chi connectivity index (χ2n) is 6.10. The van der Waals surface area contributed by atoms with Crippen molar-refractivity contribution in [3.05, 3.63) is 29.8 Å². The van der Waals surface area contributed by atoms with Crippen LogP contribution in [0.4, 0.5) is 5.69 Å². The monoisotopic (exact) mass is 258 g/mol. The van der Waals surface area contributed by atoms with Crippen molar-refractivity contribution in [2.45, 2.75) is 26.2 Å². The van der Waals surface area contributed by atoms with Crippen LogP contribution in [0.15, 0.2) is 24.3 Å². The number of nitrogens with one attached hydrogen (secondary N) is 1. The quantitative estimate of drug-likeness (QED) is 0.883. The molecule has 1 saturated carbocycles. The first-order valence-electron chi connectivity index (χ1n) is 7.17. The van der Waals surface area contributed by atoms with Crippen LogP contribution in [0.5, 0.6) is 0 Å². The highest BCUT2D eigenvalue weighted by molar-refractivity contribution is 5.96. The number of benzene rings is 1. The van der Waals surface area contributed by atoms with Gasteiger partial charge in [-0.05, 0) is 56.8 Å². The summed E-state index contributed by atoms with van der Waals surface area (Å²) in [4.78, 5) is 14.4. The van der Waals surface area contributed by atoms with Crippen molar-refractivity contribution in [1.82, 2.24) is 5.32 Å². The predicted octanol–water partition coefficient (Wildman–Crippen LogP) is 2.35. The Balaban J connectivity index is 1.69. The zero-order valence-corrected chi connectivity index (χ0v) is 11.8. The lowest BCUT2D eigenvalue weighted by Gasteiger charge is -2.25. The van der Waals surface area contributed by atoms with Crippen molar-refractivity contribution in [1.29, 1.82) is 0 Å². The molecule has 1 aliphatic heterocycles. The fraction of sp³-hybridized carbons (Fsp3) is 0.562. The zero-order chi connectivity index (χ0) is 13.5. The van der Waals surface area contributed by atoms with Crippen LogP contribution >= 0.6 is 0 Å². The molecule has 3 rings (SSSR count). The van der Waals surface area contributed by atoms with Crippen LogP contribution < -0.4 is 10.2 Å². The van der Waals surface area contributed by atoms with Gasteiger partial charge in [0, 0.05) is 18.7 Å². The molecular weight excluding hydrogens is 236 g/mol. The molecule has 102 valence electrons. The normalized spacial score (nSPS) is 24.2. The number of hydrogen-bond acceptors (Lipinski definition) is 2. The summed E-state index contributed by atoms with van der Waals surface area (Å²) in [7, 11) is 1.90. The maximum Gasteiger partial charge on any atom is 0.230 e. The van der Waals surface area contributed by atoms with Crippen LogP contribution in [0.3, 0.4) is 0 Å². The van der Waals surface area contributed by atoms with Gasteiger partial charge >= 0.3 is 0 Å². The molecule has 1 saturated heterocycles. The minimum absolute atomic E-state index is 0.251. The maximum atomic E-state index is 12.6. The van der Waals surface area contributed by atoms with E-state index < -0.39 is 0 Å². The molecule has 2 aliphatic rings. The number of carbonyl (C=O) groups is 1. The van der Waals surface area contributed by atoms with Gasteiger partial charge in [-0.2, -0.15) is 0 Å². The van der Waals surface area contributed by atoms with Gasteiger partial charge in [0.15, 0.2) is 0 Å². The van der Waals surface area contributed by atoms with Crippen molar-refractivity contribution in [3.63, 3.8) is 0 Å². The third kappa shape index (κ3) is 2.27. The van der Waals surface area contributed by atoms with Crippen molar-refractivity contribution >= 4 is 11.6 Å². The highest BCUT2D eigenvalue weighted by Crippen LogP contribution is 2.59. The van der Waals surface area contributed by atoms with E-state index in [1.807, 2.05) is 24.1 Å². The number of carbonyl (C=O) groups excluding carboxylic acids is 1. The molecule has 19 heavy (non-hydrogen) atoms. The fourth-order valence-corrected chi connectivity index (χ4v) is 3.30. The van der Waals surface area contributed by atoms with E-state index in [1.54, 1.807) is 0 Å². The third-order valence-electron chi connectivity index (χ3n) is 4.84. The van der Waals surface area contributed by atoms with Gasteiger partial charge in [0.2, 0.25) is 5.91 Å². The van der Waals surface area contributed by atoms with Crippen LogP contribution in [0.2, 0.25) is 0 Å². The Morgan fingerprint density at radius 2 is 1.89 bits per heavy atom. The van der Waals surface area contributed by atoms with Crippen molar-refractivity contribution in [2.75, 3.05) is 25.0 Å². The average molecular weight is 258 g/mol. The standard InChI is InChI=1S/C16H22N2O/c1-12-3-5-13(6-4-12)18(2)15(19)14-11-16(14)7-9-17-10-8-16/h3-6,14,17H,7-11H2,1-2H3. The first-order valence-corrected chi connectivity index (χ1v) is 7.17. The predicted molar refractivity (Wildman–Crippen MR) is 77.2 cm³/mol. The van der Waals surface area contributed by atoms with E-state index in [-0.39, 0.29) is 5.92 Å². The smallest absolute Gasteiger partial charge is 0.230 e. The maximum absolute atomic E-state index is 12.6. The number of amides is 1. The number of piperidine rings is 1. The van der Waals surface area contributed by atoms with Gasteiger partial charge in [0.05, 0.1) is 0 Å². The second kappa shape index (κ2) is 4.64. The third-order valence-corrected chi connectivity index (χ3v) is 4.84. The molecule has 1 aliphatic carbocycles. The van der Waals surface area contributed by atoms with E-state index in [9.17, 15) is 4.79 Å². The van der Waals surface area contributed by atoms with Crippen molar-refractivity contribution in [3.8, 4) is 0 Å². The van der Waals surface area contributed by atoms with E-state index in [1.165, 1.54) is 5.56 Å². The van der Waals surface area contributed by atoms with Gasteiger partial charge < -0.3 is 10.2 Å². The summed E-state index contributed by atoms with van der Waals surface area (Å²) in [5, 5.41) is 3.38. The van der Waals surface area contributed by atoms with Gasteiger partial charge in [0.25, 0.3) is 0 Å². The lowest BCUT2D eigenvalue weighted by atomic mass is 9.91. The van der Waals surface area contributed by atoms with Crippen LogP contribution in [-0.4, -0.2) is 26.0 Å². The van der Waals surface area contributed by atoms with Crippen molar-refractivity contribution in [2.24, 2.45) is 11.3 Å². The second-order valence-corrected chi connectivity index (χ2v) is 6.10. The van der Waals surface area contributed by atoms with Gasteiger partial charge in [-0.1, -0.05) is 17.7 Å². The summed E-state index contributed by atoms with van der Waals surface area (Å²) in [6.45, 7) is 4.20. The summed E-state index contributed by atoms with van der Waals surface area (Å²) in [6.07, 6.45) is 3.40. The highest BCUT2D eigenvalue weighted by atomic mass is 16.2. The molecule has 3 nitrogen and oxygen atoms in total. The lowest BCUT2D eigenvalue weighted by Crippen LogP contribution is -2.34.